The van der Waals surface area contributed by atoms with Gasteiger partial charge in [-0.1, -0.05) is 13.8 Å². The number of hydrogen-bond donors (Lipinski definition) is 1. The first kappa shape index (κ1) is 19.9. The van der Waals surface area contributed by atoms with Gasteiger partial charge in [-0.05, 0) is 30.3 Å². The third-order valence-electron chi connectivity index (χ3n) is 3.70. The predicted molar refractivity (Wildman–Crippen MR) is 90.8 cm³/mol. The lowest BCUT2D eigenvalue weighted by atomic mass is 10.2. The van der Waals surface area contributed by atoms with Gasteiger partial charge in [-0.15, -0.1) is 0 Å². The Morgan fingerprint density at radius 1 is 1.00 bits per heavy atom. The van der Waals surface area contributed by atoms with E-state index in [0.717, 1.165) is 34.6 Å². The van der Waals surface area contributed by atoms with Crippen LogP contribution in [0.1, 0.15) is 24.2 Å². The first-order valence-electron chi connectivity index (χ1n) is 7.76. The highest BCUT2D eigenvalue weighted by Crippen LogP contribution is 2.21. The lowest BCUT2D eigenvalue weighted by Crippen LogP contribution is -2.31. The molecule has 0 atom stereocenters. The predicted octanol–water partition coefficient (Wildman–Crippen LogP) is 3.39. The number of nitrogens with one attached hydrogen (secondary N) is 1. The molecule has 0 unspecified atom stereocenters. The number of sulfonamides is 1. The molecule has 0 heterocycles. The van der Waals surface area contributed by atoms with E-state index in [1.165, 1.54) is 0 Å². The number of anilines is 1. The summed E-state index contributed by atoms with van der Waals surface area (Å²) < 4.78 is 66.7. The number of amides is 1. The Bertz CT molecular complexity index is 929. The summed E-state index contributed by atoms with van der Waals surface area (Å²) in [6, 6.07) is 5.27. The molecule has 1 N–H and O–H groups in total. The summed E-state index contributed by atoms with van der Waals surface area (Å²) >= 11 is 0. The first-order chi connectivity index (χ1) is 12.2. The molecule has 0 aliphatic carbocycles. The Hall–Kier alpha value is -2.39. The normalized spacial score (nSPS) is 11.6. The number of carbonyl (C=O) groups excluding carboxylic acids is 1. The molecule has 0 saturated heterocycles. The Kier molecular flexibility index (Phi) is 6.04. The van der Waals surface area contributed by atoms with E-state index in [0.29, 0.717) is 6.07 Å². The molecule has 0 bridgehead atoms. The average Bonchev–Trinajstić information content (AvgIpc) is 2.58. The highest BCUT2D eigenvalue weighted by molar-refractivity contribution is 7.89. The molecule has 1 amide bonds. The summed E-state index contributed by atoms with van der Waals surface area (Å²) in [5.41, 5.74) is -0.922. The van der Waals surface area contributed by atoms with Gasteiger partial charge in [0, 0.05) is 19.2 Å². The van der Waals surface area contributed by atoms with Gasteiger partial charge in [0.2, 0.25) is 10.0 Å². The maximum Gasteiger partial charge on any atom is 0.258 e. The van der Waals surface area contributed by atoms with Gasteiger partial charge >= 0.3 is 0 Å². The van der Waals surface area contributed by atoms with Crippen molar-refractivity contribution in [3.05, 3.63) is 59.4 Å². The fourth-order valence-electron chi connectivity index (χ4n) is 2.33. The van der Waals surface area contributed by atoms with Crippen molar-refractivity contribution in [2.45, 2.75) is 18.7 Å². The van der Waals surface area contributed by atoms with Gasteiger partial charge in [-0.25, -0.2) is 21.6 Å². The Balaban J connectivity index is 2.39. The summed E-state index contributed by atoms with van der Waals surface area (Å²) in [6.45, 7) is 3.71. The highest BCUT2D eigenvalue weighted by atomic mass is 32.2. The third-order valence-corrected chi connectivity index (χ3v) is 5.75. The van der Waals surface area contributed by atoms with Crippen LogP contribution >= 0.6 is 0 Å². The van der Waals surface area contributed by atoms with Crippen LogP contribution in [0.5, 0.6) is 0 Å². The van der Waals surface area contributed by atoms with Crippen molar-refractivity contribution in [1.29, 1.82) is 0 Å². The van der Waals surface area contributed by atoms with E-state index in [2.05, 4.69) is 5.32 Å². The molecule has 0 saturated carbocycles. The Labute approximate surface area is 149 Å². The fraction of sp³-hybridized carbons (Fsp3) is 0.235. The first-order valence-corrected chi connectivity index (χ1v) is 9.20. The fourth-order valence-corrected chi connectivity index (χ4v) is 3.82. The van der Waals surface area contributed by atoms with Gasteiger partial charge < -0.3 is 5.32 Å². The van der Waals surface area contributed by atoms with Crippen molar-refractivity contribution in [3.8, 4) is 0 Å². The maximum absolute atomic E-state index is 14.0. The van der Waals surface area contributed by atoms with Gasteiger partial charge in [0.25, 0.3) is 5.91 Å². The smallest absolute Gasteiger partial charge is 0.258 e. The van der Waals surface area contributed by atoms with Crippen LogP contribution in [0.2, 0.25) is 0 Å². The van der Waals surface area contributed by atoms with Crippen molar-refractivity contribution < 1.29 is 26.4 Å². The van der Waals surface area contributed by atoms with Crippen molar-refractivity contribution in [2.75, 3.05) is 18.4 Å². The third kappa shape index (κ3) is 4.05. The van der Waals surface area contributed by atoms with Gasteiger partial charge in [0.15, 0.2) is 0 Å². The summed E-state index contributed by atoms with van der Waals surface area (Å²) in [7, 11) is -3.90. The number of hydrogen-bond acceptors (Lipinski definition) is 3. The van der Waals surface area contributed by atoms with E-state index in [1.54, 1.807) is 13.8 Å². The summed E-state index contributed by atoms with van der Waals surface area (Å²) in [6.07, 6.45) is 0. The molecule has 2 aromatic rings. The molecule has 0 spiro atoms. The number of benzene rings is 2. The van der Waals surface area contributed by atoms with Crippen LogP contribution in [-0.2, 0) is 10.0 Å². The van der Waals surface area contributed by atoms with Crippen molar-refractivity contribution in [3.63, 3.8) is 0 Å². The summed E-state index contributed by atoms with van der Waals surface area (Å²) in [4.78, 5) is 12.0. The maximum atomic E-state index is 14.0. The number of carbonyl (C=O) groups is 1. The SMILES string of the molecule is CCN(CC)S(=O)(=O)c1ccc(F)c(C(=O)Nc2ccc(F)cc2F)c1. The zero-order chi connectivity index (χ0) is 19.5. The molecule has 9 heteroatoms. The Morgan fingerprint density at radius 2 is 1.65 bits per heavy atom. The van der Waals surface area contributed by atoms with E-state index in [9.17, 15) is 26.4 Å². The number of rotatable bonds is 6. The quantitative estimate of drug-likeness (QED) is 0.828. The van der Waals surface area contributed by atoms with Gasteiger partial charge in [-0.3, -0.25) is 4.79 Å². The molecule has 26 heavy (non-hydrogen) atoms. The Morgan fingerprint density at radius 3 is 2.23 bits per heavy atom. The summed E-state index contributed by atoms with van der Waals surface area (Å²) in [5.74, 6) is -3.89. The minimum atomic E-state index is -3.90. The van der Waals surface area contributed by atoms with E-state index in [1.807, 2.05) is 0 Å². The van der Waals surface area contributed by atoms with Gasteiger partial charge in [0.1, 0.15) is 17.5 Å². The zero-order valence-electron chi connectivity index (χ0n) is 14.1. The molecule has 0 aromatic heterocycles. The summed E-state index contributed by atoms with van der Waals surface area (Å²) in [5, 5.41) is 2.10. The topological polar surface area (TPSA) is 66.5 Å². The van der Waals surface area contributed by atoms with E-state index < -0.39 is 38.9 Å². The van der Waals surface area contributed by atoms with Crippen molar-refractivity contribution in [1.82, 2.24) is 4.31 Å². The molecule has 140 valence electrons. The lowest BCUT2D eigenvalue weighted by molar-refractivity contribution is 0.102. The van der Waals surface area contributed by atoms with Crippen molar-refractivity contribution in [2.24, 2.45) is 0 Å². The van der Waals surface area contributed by atoms with Gasteiger partial charge in [0.05, 0.1) is 16.1 Å². The van der Waals surface area contributed by atoms with Gasteiger partial charge in [-0.2, -0.15) is 4.31 Å². The minimum absolute atomic E-state index is 0.207. The van der Waals surface area contributed by atoms with E-state index >= 15 is 0 Å². The largest absolute Gasteiger partial charge is 0.319 e. The number of nitrogens with zero attached hydrogens (tertiary/aromatic N) is 1. The standard InChI is InChI=1S/C17H17F3N2O3S/c1-3-22(4-2)26(24,25)12-6-7-14(19)13(10-12)17(23)21-16-8-5-11(18)9-15(16)20/h5-10H,3-4H2,1-2H3,(H,21,23). The van der Waals surface area contributed by atoms with Crippen LogP contribution in [0.15, 0.2) is 41.3 Å². The molecule has 0 aliphatic rings. The second-order valence-corrected chi connectivity index (χ2v) is 7.25. The van der Waals surface area contributed by atoms with E-state index in [-0.39, 0.29) is 23.7 Å². The van der Waals surface area contributed by atoms with Crippen molar-refractivity contribution >= 4 is 21.6 Å². The van der Waals surface area contributed by atoms with Crippen LogP contribution in [0.25, 0.3) is 0 Å². The molecular weight excluding hydrogens is 369 g/mol. The van der Waals surface area contributed by atoms with E-state index in [4.69, 9.17) is 0 Å². The molecule has 0 aliphatic heterocycles. The van der Waals surface area contributed by atoms with Crippen LogP contribution < -0.4 is 5.32 Å². The zero-order valence-corrected chi connectivity index (χ0v) is 14.9. The average molecular weight is 386 g/mol. The molecule has 0 fully saturated rings. The van der Waals surface area contributed by atoms with Crippen LogP contribution in [0.3, 0.4) is 0 Å². The molecular formula is C17H17F3N2O3S. The number of halogens is 3. The van der Waals surface area contributed by atoms with Crippen LogP contribution in [-0.4, -0.2) is 31.7 Å². The second-order valence-electron chi connectivity index (χ2n) is 5.31. The lowest BCUT2D eigenvalue weighted by Gasteiger charge is -2.19. The van der Waals surface area contributed by atoms with Crippen LogP contribution in [0.4, 0.5) is 18.9 Å². The molecule has 2 aromatic carbocycles. The monoisotopic (exact) mass is 386 g/mol. The highest BCUT2D eigenvalue weighted by Gasteiger charge is 2.24. The minimum Gasteiger partial charge on any atom is -0.319 e. The van der Waals surface area contributed by atoms with Crippen LogP contribution in [0, 0.1) is 17.5 Å². The molecule has 2 rings (SSSR count). The second kappa shape index (κ2) is 7.88. The molecule has 0 radical (unpaired) electrons. The molecule has 5 nitrogen and oxygen atoms in total.